The molecule has 2 heterocycles. The Morgan fingerprint density at radius 3 is 2.93 bits per heavy atom. The van der Waals surface area contributed by atoms with Crippen molar-refractivity contribution in [2.75, 3.05) is 18.5 Å². The molecule has 0 radical (unpaired) electrons. The number of thiazole rings is 1. The molecular weight excluding hydrogens is 386 g/mol. The van der Waals surface area contributed by atoms with Gasteiger partial charge in [0, 0.05) is 35.7 Å². The molecule has 7 heteroatoms. The number of benzene rings is 1. The Kier molecular flexibility index (Phi) is 6.56. The minimum atomic E-state index is -0.385. The average molecular weight is 414 g/mol. The summed E-state index contributed by atoms with van der Waals surface area (Å²) < 4.78 is 5.40. The van der Waals surface area contributed by atoms with E-state index in [0.717, 1.165) is 32.1 Å². The highest BCUT2D eigenvalue weighted by atomic mass is 32.1. The quantitative estimate of drug-likeness (QED) is 0.681. The maximum absolute atomic E-state index is 12.4. The second kappa shape index (κ2) is 9.50. The lowest BCUT2D eigenvalue weighted by atomic mass is 10.0. The summed E-state index contributed by atoms with van der Waals surface area (Å²) in [6.07, 6.45) is 7.84. The summed E-state index contributed by atoms with van der Waals surface area (Å²) in [5.74, 6) is -0.275. The first-order valence-electron chi connectivity index (χ1n) is 10.5. The summed E-state index contributed by atoms with van der Waals surface area (Å²) in [4.78, 5) is 30.8. The van der Waals surface area contributed by atoms with Crippen molar-refractivity contribution in [3.05, 3.63) is 45.4 Å². The van der Waals surface area contributed by atoms with Gasteiger partial charge in [0.2, 0.25) is 0 Å². The van der Waals surface area contributed by atoms with Gasteiger partial charge in [-0.25, -0.2) is 4.98 Å². The highest BCUT2D eigenvalue weighted by Crippen LogP contribution is 2.27. The number of ether oxygens (including phenoxy) is 1. The van der Waals surface area contributed by atoms with E-state index in [-0.39, 0.29) is 17.9 Å². The van der Waals surface area contributed by atoms with Crippen LogP contribution in [0.3, 0.4) is 0 Å². The first-order valence-corrected chi connectivity index (χ1v) is 11.3. The molecule has 29 heavy (non-hydrogen) atoms. The molecule has 2 aliphatic rings. The Morgan fingerprint density at radius 1 is 1.21 bits per heavy atom. The number of aromatic nitrogens is 1. The second-order valence-corrected chi connectivity index (χ2v) is 8.78. The molecule has 4 rings (SSSR count). The average Bonchev–Trinajstić information content (AvgIpc) is 3.41. The lowest BCUT2D eigenvalue weighted by Crippen LogP contribution is -2.27. The third-order valence-corrected chi connectivity index (χ3v) is 6.57. The van der Waals surface area contributed by atoms with Gasteiger partial charge in [0.1, 0.15) is 6.10 Å². The van der Waals surface area contributed by atoms with Crippen LogP contribution in [0.2, 0.25) is 0 Å². The van der Waals surface area contributed by atoms with Crippen LogP contribution >= 0.6 is 11.3 Å². The van der Waals surface area contributed by atoms with Crippen LogP contribution in [0.25, 0.3) is 0 Å². The van der Waals surface area contributed by atoms with Gasteiger partial charge in [0.05, 0.1) is 10.7 Å². The van der Waals surface area contributed by atoms with Crippen molar-refractivity contribution in [1.29, 1.82) is 0 Å². The predicted molar refractivity (Wildman–Crippen MR) is 113 cm³/mol. The van der Waals surface area contributed by atoms with Crippen molar-refractivity contribution in [3.8, 4) is 0 Å². The standard InChI is InChI=1S/C22H27N3O3S/c26-21(23-12-4-11-20-25-17-8-1-2-10-19(17)29-20)15-6-3-7-16(14-15)24-22(27)18-9-5-13-28-18/h3,6-7,14,18H,1-2,4-5,8-13H2,(H,23,26)(H,24,27). The third-order valence-electron chi connectivity index (χ3n) is 5.36. The Labute approximate surface area is 175 Å². The summed E-state index contributed by atoms with van der Waals surface area (Å²) in [7, 11) is 0. The summed E-state index contributed by atoms with van der Waals surface area (Å²) in [6, 6.07) is 7.02. The van der Waals surface area contributed by atoms with Gasteiger partial charge in [0.15, 0.2) is 0 Å². The van der Waals surface area contributed by atoms with Crippen molar-refractivity contribution in [2.45, 2.75) is 57.5 Å². The van der Waals surface area contributed by atoms with Gasteiger partial charge in [-0.1, -0.05) is 6.07 Å². The fraction of sp³-hybridized carbons (Fsp3) is 0.500. The number of hydrogen-bond acceptors (Lipinski definition) is 5. The third kappa shape index (κ3) is 5.22. The molecule has 1 saturated heterocycles. The van der Waals surface area contributed by atoms with Gasteiger partial charge >= 0.3 is 0 Å². The summed E-state index contributed by atoms with van der Waals surface area (Å²) in [6.45, 7) is 1.24. The molecule has 2 N–H and O–H groups in total. The Morgan fingerprint density at radius 2 is 2.10 bits per heavy atom. The van der Waals surface area contributed by atoms with E-state index in [2.05, 4.69) is 10.6 Å². The molecule has 1 atom stereocenters. The largest absolute Gasteiger partial charge is 0.368 e. The van der Waals surface area contributed by atoms with E-state index in [0.29, 0.717) is 24.4 Å². The van der Waals surface area contributed by atoms with Gasteiger partial charge < -0.3 is 15.4 Å². The predicted octanol–water partition coefficient (Wildman–Crippen LogP) is 3.50. The normalized spacial score (nSPS) is 18.3. The summed E-state index contributed by atoms with van der Waals surface area (Å²) in [5, 5.41) is 6.99. The molecule has 2 aromatic rings. The van der Waals surface area contributed by atoms with Crippen LogP contribution in [0.1, 0.15) is 58.0 Å². The Balaban J connectivity index is 1.24. The SMILES string of the molecule is O=C(NCCCc1nc2c(s1)CCCC2)c1cccc(NC(=O)C2CCCO2)c1. The molecular formula is C22H27N3O3S. The molecule has 0 saturated carbocycles. The van der Waals surface area contributed by atoms with Crippen molar-refractivity contribution in [1.82, 2.24) is 10.3 Å². The lowest BCUT2D eigenvalue weighted by molar-refractivity contribution is -0.124. The van der Waals surface area contributed by atoms with Crippen molar-refractivity contribution < 1.29 is 14.3 Å². The monoisotopic (exact) mass is 413 g/mol. The fourth-order valence-electron chi connectivity index (χ4n) is 3.80. The number of nitrogens with zero attached hydrogens (tertiary/aromatic N) is 1. The van der Waals surface area contributed by atoms with Crippen molar-refractivity contribution >= 4 is 28.8 Å². The number of carbonyl (C=O) groups excluding carboxylic acids is 2. The molecule has 1 aromatic carbocycles. The molecule has 1 unspecified atom stereocenters. The number of nitrogens with one attached hydrogen (secondary N) is 2. The highest BCUT2D eigenvalue weighted by molar-refractivity contribution is 7.11. The zero-order valence-corrected chi connectivity index (χ0v) is 17.4. The van der Waals surface area contributed by atoms with E-state index in [1.807, 2.05) is 11.3 Å². The number of carbonyl (C=O) groups is 2. The van der Waals surface area contributed by atoms with Gasteiger partial charge in [-0.05, 0) is 63.1 Å². The van der Waals surface area contributed by atoms with Crippen LogP contribution in [0.15, 0.2) is 24.3 Å². The molecule has 154 valence electrons. The summed E-state index contributed by atoms with van der Waals surface area (Å²) in [5.41, 5.74) is 2.45. The molecule has 0 bridgehead atoms. The molecule has 1 aliphatic carbocycles. The summed E-state index contributed by atoms with van der Waals surface area (Å²) >= 11 is 1.83. The van der Waals surface area contributed by atoms with E-state index in [4.69, 9.17) is 9.72 Å². The van der Waals surface area contributed by atoms with Crippen LogP contribution in [-0.2, 0) is 28.8 Å². The molecule has 1 fully saturated rings. The zero-order valence-electron chi connectivity index (χ0n) is 16.5. The van der Waals surface area contributed by atoms with E-state index < -0.39 is 0 Å². The zero-order chi connectivity index (χ0) is 20.1. The minimum absolute atomic E-state index is 0.128. The van der Waals surface area contributed by atoms with Gasteiger partial charge in [0.25, 0.3) is 11.8 Å². The Hall–Kier alpha value is -2.25. The molecule has 1 aliphatic heterocycles. The van der Waals surface area contributed by atoms with Gasteiger partial charge in [-0.15, -0.1) is 11.3 Å². The smallest absolute Gasteiger partial charge is 0.253 e. The Bertz CT molecular complexity index is 850. The number of rotatable bonds is 7. The first kappa shape index (κ1) is 20.0. The topological polar surface area (TPSA) is 80.3 Å². The van der Waals surface area contributed by atoms with Crippen LogP contribution in [0.5, 0.6) is 0 Å². The minimum Gasteiger partial charge on any atom is -0.368 e. The van der Waals surface area contributed by atoms with Crippen LogP contribution < -0.4 is 10.6 Å². The van der Waals surface area contributed by atoms with E-state index >= 15 is 0 Å². The molecule has 2 amide bonds. The lowest BCUT2D eigenvalue weighted by Gasteiger charge is -2.11. The van der Waals surface area contributed by atoms with E-state index in [1.54, 1.807) is 24.3 Å². The van der Waals surface area contributed by atoms with Crippen LogP contribution in [0.4, 0.5) is 5.69 Å². The number of amides is 2. The highest BCUT2D eigenvalue weighted by Gasteiger charge is 2.23. The number of anilines is 1. The number of fused-ring (bicyclic) bond motifs is 1. The molecule has 1 aromatic heterocycles. The second-order valence-electron chi connectivity index (χ2n) is 7.62. The fourth-order valence-corrected chi connectivity index (χ4v) is 5.00. The first-order chi connectivity index (χ1) is 14.2. The maximum atomic E-state index is 12.4. The van der Waals surface area contributed by atoms with Crippen molar-refractivity contribution in [2.24, 2.45) is 0 Å². The van der Waals surface area contributed by atoms with Crippen molar-refractivity contribution in [3.63, 3.8) is 0 Å². The number of aryl methyl sites for hydroxylation is 3. The van der Waals surface area contributed by atoms with Gasteiger partial charge in [-0.2, -0.15) is 0 Å². The van der Waals surface area contributed by atoms with Gasteiger partial charge in [-0.3, -0.25) is 9.59 Å². The molecule has 0 spiro atoms. The molecule has 6 nitrogen and oxygen atoms in total. The number of hydrogen-bond donors (Lipinski definition) is 2. The van der Waals surface area contributed by atoms with Crippen LogP contribution in [-0.4, -0.2) is 36.1 Å². The van der Waals surface area contributed by atoms with E-state index in [9.17, 15) is 9.59 Å². The van der Waals surface area contributed by atoms with Crippen LogP contribution in [0, 0.1) is 0 Å². The van der Waals surface area contributed by atoms with E-state index in [1.165, 1.54) is 34.8 Å². The maximum Gasteiger partial charge on any atom is 0.253 e.